The van der Waals surface area contributed by atoms with Crippen molar-refractivity contribution < 1.29 is 0 Å². The van der Waals surface area contributed by atoms with Crippen molar-refractivity contribution in [3.63, 3.8) is 0 Å². The number of thiophene rings is 2. The summed E-state index contributed by atoms with van der Waals surface area (Å²) >= 11 is 3.67. The molecule has 18 heavy (non-hydrogen) atoms. The Kier molecular flexibility index (Phi) is 3.06. The maximum atomic E-state index is 2.22. The Morgan fingerprint density at radius 1 is 0.778 bits per heavy atom. The molecule has 0 unspecified atom stereocenters. The molecule has 1 aromatic carbocycles. The Morgan fingerprint density at radius 2 is 1.56 bits per heavy atom. The lowest BCUT2D eigenvalue weighted by atomic mass is 9.99. The predicted molar refractivity (Wildman–Crippen MR) is 82.5 cm³/mol. The molecule has 0 aliphatic carbocycles. The zero-order valence-electron chi connectivity index (χ0n) is 10.4. The highest BCUT2D eigenvalue weighted by Crippen LogP contribution is 2.38. The lowest BCUT2D eigenvalue weighted by molar-refractivity contribution is 1.58. The molecule has 0 saturated carbocycles. The second-order valence-corrected chi connectivity index (χ2v) is 6.75. The van der Waals surface area contributed by atoms with Crippen molar-refractivity contribution in [2.24, 2.45) is 0 Å². The first-order chi connectivity index (χ1) is 8.75. The maximum Gasteiger partial charge on any atom is 0.0351 e. The van der Waals surface area contributed by atoms with Gasteiger partial charge in [-0.1, -0.05) is 24.3 Å². The van der Waals surface area contributed by atoms with Gasteiger partial charge in [0.15, 0.2) is 0 Å². The molecular weight excluding hydrogens is 256 g/mol. The third-order valence-corrected chi connectivity index (χ3v) is 4.96. The van der Waals surface area contributed by atoms with E-state index >= 15 is 0 Å². The molecule has 0 nitrogen and oxygen atoms in total. The van der Waals surface area contributed by atoms with Crippen LogP contribution in [0.5, 0.6) is 0 Å². The quantitative estimate of drug-likeness (QED) is 0.555. The summed E-state index contributed by atoms with van der Waals surface area (Å²) in [5.74, 6) is 0. The minimum absolute atomic E-state index is 1.34. The lowest BCUT2D eigenvalue weighted by Crippen LogP contribution is -1.82. The van der Waals surface area contributed by atoms with Crippen LogP contribution in [-0.2, 0) is 0 Å². The third-order valence-electron chi connectivity index (χ3n) is 3.08. The highest BCUT2D eigenvalue weighted by molar-refractivity contribution is 7.15. The second-order valence-electron chi connectivity index (χ2n) is 4.35. The number of aryl methyl sites for hydroxylation is 2. The van der Waals surface area contributed by atoms with Gasteiger partial charge in [0.1, 0.15) is 0 Å². The summed E-state index contributed by atoms with van der Waals surface area (Å²) in [6.45, 7) is 4.35. The van der Waals surface area contributed by atoms with Crippen molar-refractivity contribution >= 4 is 22.7 Å². The van der Waals surface area contributed by atoms with E-state index in [1.807, 2.05) is 22.7 Å². The van der Waals surface area contributed by atoms with Gasteiger partial charge in [-0.25, -0.2) is 0 Å². The van der Waals surface area contributed by atoms with Crippen molar-refractivity contribution in [3.8, 4) is 21.6 Å². The first-order valence-electron chi connectivity index (χ1n) is 5.96. The molecule has 0 bridgehead atoms. The van der Waals surface area contributed by atoms with Crippen LogP contribution >= 0.6 is 22.7 Å². The molecule has 90 valence electrons. The van der Waals surface area contributed by atoms with E-state index < -0.39 is 0 Å². The van der Waals surface area contributed by atoms with Gasteiger partial charge >= 0.3 is 0 Å². The van der Waals surface area contributed by atoms with Gasteiger partial charge in [0.05, 0.1) is 0 Å². The van der Waals surface area contributed by atoms with Crippen LogP contribution in [0.3, 0.4) is 0 Å². The van der Waals surface area contributed by atoms with Crippen molar-refractivity contribution in [1.82, 2.24) is 0 Å². The van der Waals surface area contributed by atoms with Gasteiger partial charge in [-0.15, -0.1) is 22.7 Å². The molecule has 0 aliphatic heterocycles. The van der Waals surface area contributed by atoms with Gasteiger partial charge in [-0.2, -0.15) is 0 Å². The smallest absolute Gasteiger partial charge is 0.0351 e. The molecule has 3 aromatic rings. The summed E-state index contributed by atoms with van der Waals surface area (Å²) in [5, 5.41) is 2.17. The van der Waals surface area contributed by atoms with E-state index in [9.17, 15) is 0 Å². The molecule has 0 N–H and O–H groups in total. The normalized spacial score (nSPS) is 10.8. The van der Waals surface area contributed by atoms with E-state index in [0.717, 1.165) is 0 Å². The fourth-order valence-electron chi connectivity index (χ4n) is 2.18. The number of hydrogen-bond acceptors (Lipinski definition) is 2. The second kappa shape index (κ2) is 4.71. The number of hydrogen-bond donors (Lipinski definition) is 0. The van der Waals surface area contributed by atoms with Gasteiger partial charge in [0.2, 0.25) is 0 Å². The molecule has 0 fully saturated rings. The zero-order chi connectivity index (χ0) is 12.5. The highest BCUT2D eigenvalue weighted by Gasteiger charge is 2.10. The lowest BCUT2D eigenvalue weighted by Gasteiger charge is -2.07. The van der Waals surface area contributed by atoms with Crippen molar-refractivity contribution in [2.75, 3.05) is 0 Å². The summed E-state index contributed by atoms with van der Waals surface area (Å²) in [4.78, 5) is 4.10. The van der Waals surface area contributed by atoms with E-state index in [4.69, 9.17) is 0 Å². The standard InChI is InChI=1S/C16H14S2/c1-11-7-8-16(18-11)15-6-4-3-5-14(15)13-9-10-17-12(13)2/h3-10H,1-2H3. The van der Waals surface area contributed by atoms with Gasteiger partial charge in [0, 0.05) is 14.6 Å². The van der Waals surface area contributed by atoms with Gasteiger partial charge in [-0.05, 0) is 54.1 Å². The molecular formula is C16H14S2. The van der Waals surface area contributed by atoms with Crippen LogP contribution in [0.4, 0.5) is 0 Å². The summed E-state index contributed by atoms with van der Waals surface area (Å²) in [6.07, 6.45) is 0. The van der Waals surface area contributed by atoms with Crippen molar-refractivity contribution in [3.05, 3.63) is 57.6 Å². The van der Waals surface area contributed by atoms with Crippen LogP contribution in [-0.4, -0.2) is 0 Å². The minimum Gasteiger partial charge on any atom is -0.149 e. The van der Waals surface area contributed by atoms with E-state index in [2.05, 4.69) is 61.7 Å². The molecule has 2 heteroatoms. The Morgan fingerprint density at radius 3 is 2.17 bits per heavy atom. The number of rotatable bonds is 2. The molecule has 0 atom stereocenters. The van der Waals surface area contributed by atoms with Crippen LogP contribution in [0, 0.1) is 13.8 Å². The number of benzene rings is 1. The van der Waals surface area contributed by atoms with E-state index in [1.165, 1.54) is 31.3 Å². The molecule has 0 spiro atoms. The average Bonchev–Trinajstić information content (AvgIpc) is 2.98. The van der Waals surface area contributed by atoms with Crippen LogP contribution in [0.1, 0.15) is 9.75 Å². The van der Waals surface area contributed by atoms with Gasteiger partial charge < -0.3 is 0 Å². The summed E-state index contributed by atoms with van der Waals surface area (Å²) in [5.41, 5.74) is 4.05. The van der Waals surface area contributed by atoms with Crippen molar-refractivity contribution in [2.45, 2.75) is 13.8 Å². The molecule has 2 heterocycles. The highest BCUT2D eigenvalue weighted by atomic mass is 32.1. The molecule has 3 rings (SSSR count). The average molecular weight is 270 g/mol. The topological polar surface area (TPSA) is 0 Å². The van der Waals surface area contributed by atoms with Crippen LogP contribution in [0.25, 0.3) is 21.6 Å². The van der Waals surface area contributed by atoms with Crippen LogP contribution in [0.15, 0.2) is 47.8 Å². The fraction of sp³-hybridized carbons (Fsp3) is 0.125. The van der Waals surface area contributed by atoms with Gasteiger partial charge in [0.25, 0.3) is 0 Å². The Hall–Kier alpha value is -1.38. The fourth-order valence-corrected chi connectivity index (χ4v) is 3.80. The Bertz CT molecular complexity index is 674. The van der Waals surface area contributed by atoms with Crippen LogP contribution < -0.4 is 0 Å². The monoisotopic (exact) mass is 270 g/mol. The van der Waals surface area contributed by atoms with E-state index in [0.29, 0.717) is 0 Å². The zero-order valence-corrected chi connectivity index (χ0v) is 12.1. The summed E-state index contributed by atoms with van der Waals surface area (Å²) in [6, 6.07) is 15.3. The molecule has 2 aromatic heterocycles. The molecule has 0 amide bonds. The van der Waals surface area contributed by atoms with E-state index in [1.54, 1.807) is 0 Å². The Balaban J connectivity index is 2.20. The largest absolute Gasteiger partial charge is 0.149 e. The minimum atomic E-state index is 1.34. The SMILES string of the molecule is Cc1ccc(-c2ccccc2-c2ccsc2C)s1. The first kappa shape index (κ1) is 11.7. The molecule has 0 saturated heterocycles. The first-order valence-corrected chi connectivity index (χ1v) is 7.65. The predicted octanol–water partition coefficient (Wildman–Crippen LogP) is 5.76. The van der Waals surface area contributed by atoms with Gasteiger partial charge in [-0.3, -0.25) is 0 Å². The third kappa shape index (κ3) is 2.02. The van der Waals surface area contributed by atoms with E-state index in [-0.39, 0.29) is 0 Å². The Labute approximate surface area is 116 Å². The summed E-state index contributed by atoms with van der Waals surface area (Å²) in [7, 11) is 0. The molecule has 0 radical (unpaired) electrons. The maximum absolute atomic E-state index is 2.22. The van der Waals surface area contributed by atoms with Crippen molar-refractivity contribution in [1.29, 1.82) is 0 Å². The molecule has 0 aliphatic rings. The summed E-state index contributed by atoms with van der Waals surface area (Å²) < 4.78 is 0. The van der Waals surface area contributed by atoms with Crippen LogP contribution in [0.2, 0.25) is 0 Å².